The summed E-state index contributed by atoms with van der Waals surface area (Å²) in [7, 11) is -4.22. The van der Waals surface area contributed by atoms with E-state index >= 15 is 4.39 Å². The van der Waals surface area contributed by atoms with Crippen LogP contribution in [0.25, 0.3) is 0 Å². The van der Waals surface area contributed by atoms with E-state index in [4.69, 9.17) is 4.74 Å². The highest BCUT2D eigenvalue weighted by Crippen LogP contribution is 2.44. The number of piperidine rings is 1. The van der Waals surface area contributed by atoms with Gasteiger partial charge in [0.15, 0.2) is 0 Å². The maximum absolute atomic E-state index is 15.2. The zero-order valence-electron chi connectivity index (χ0n) is 18.0. The summed E-state index contributed by atoms with van der Waals surface area (Å²) in [5, 5.41) is 0. The van der Waals surface area contributed by atoms with Crippen molar-refractivity contribution in [1.29, 1.82) is 0 Å². The number of hydrogen-bond acceptors (Lipinski definition) is 6. The number of ether oxygens (including phenoxy) is 1. The Balaban J connectivity index is 1.48. The van der Waals surface area contributed by atoms with Crippen LogP contribution < -0.4 is 9.46 Å². The lowest BCUT2D eigenvalue weighted by molar-refractivity contribution is 0.0665. The first-order valence-electron chi connectivity index (χ1n) is 11.1. The summed E-state index contributed by atoms with van der Waals surface area (Å²) in [6.45, 7) is 1.34. The number of aromatic nitrogens is 2. The molecule has 7 nitrogen and oxygen atoms in total. The Labute approximate surface area is 192 Å². The smallest absolute Gasteiger partial charge is 0.267 e. The van der Waals surface area contributed by atoms with Crippen molar-refractivity contribution < 1.29 is 17.5 Å². The molecule has 2 aromatic carbocycles. The first-order chi connectivity index (χ1) is 16.0. The SMILES string of the molecule is O=S(=O)(Nc1ncccn1)c1cc2c(cc1F)[C@@H](N1CCCC[C@H]1c1ccccc1)CCO2. The van der Waals surface area contributed by atoms with Crippen molar-refractivity contribution in [2.24, 2.45) is 0 Å². The zero-order chi connectivity index (χ0) is 22.8. The van der Waals surface area contributed by atoms with Gasteiger partial charge in [-0.3, -0.25) is 4.90 Å². The summed E-state index contributed by atoms with van der Waals surface area (Å²) in [5.74, 6) is -0.534. The molecular formula is C24H25FN4O3S. The van der Waals surface area contributed by atoms with E-state index in [0.717, 1.165) is 32.2 Å². The lowest BCUT2D eigenvalue weighted by Crippen LogP contribution is -2.39. The van der Waals surface area contributed by atoms with Crippen molar-refractivity contribution in [3.05, 3.63) is 77.9 Å². The molecule has 3 heterocycles. The molecule has 1 fully saturated rings. The lowest BCUT2D eigenvalue weighted by Gasteiger charge is -2.43. The number of likely N-dealkylation sites (tertiary alicyclic amines) is 1. The van der Waals surface area contributed by atoms with E-state index in [1.807, 2.05) is 18.2 Å². The molecule has 2 atom stereocenters. The van der Waals surface area contributed by atoms with Gasteiger partial charge in [0.1, 0.15) is 16.5 Å². The molecule has 1 saturated heterocycles. The summed E-state index contributed by atoms with van der Waals surface area (Å²) in [5.41, 5.74) is 1.94. The van der Waals surface area contributed by atoms with Crippen LogP contribution in [-0.2, 0) is 10.0 Å². The van der Waals surface area contributed by atoms with Gasteiger partial charge in [0.05, 0.1) is 6.61 Å². The van der Waals surface area contributed by atoms with Crippen molar-refractivity contribution in [2.45, 2.75) is 42.7 Å². The molecule has 0 unspecified atom stereocenters. The third kappa shape index (κ3) is 4.43. The Bertz CT molecular complexity index is 1230. The molecule has 1 aromatic heterocycles. The molecule has 5 rings (SSSR count). The normalized spacial score (nSPS) is 21.1. The van der Waals surface area contributed by atoms with E-state index in [9.17, 15) is 8.42 Å². The van der Waals surface area contributed by atoms with Gasteiger partial charge in [-0.05, 0) is 37.1 Å². The average Bonchev–Trinajstić information content (AvgIpc) is 2.84. The average molecular weight is 469 g/mol. The fourth-order valence-corrected chi connectivity index (χ4v) is 5.84. The third-order valence-electron chi connectivity index (χ3n) is 6.28. The number of halogens is 1. The first-order valence-corrected chi connectivity index (χ1v) is 12.6. The molecule has 0 radical (unpaired) electrons. The highest BCUT2D eigenvalue weighted by atomic mass is 32.2. The molecular weight excluding hydrogens is 443 g/mol. The van der Waals surface area contributed by atoms with Crippen molar-refractivity contribution >= 4 is 16.0 Å². The summed E-state index contributed by atoms with van der Waals surface area (Å²) in [6, 6.07) is 14.7. The van der Waals surface area contributed by atoms with Crippen LogP contribution in [0, 0.1) is 5.82 Å². The van der Waals surface area contributed by atoms with Crippen LogP contribution in [0.1, 0.15) is 48.9 Å². The van der Waals surface area contributed by atoms with Gasteiger partial charge < -0.3 is 4.74 Å². The Morgan fingerprint density at radius 1 is 1.00 bits per heavy atom. The highest BCUT2D eigenvalue weighted by Gasteiger charge is 2.36. The van der Waals surface area contributed by atoms with Gasteiger partial charge in [0, 0.05) is 42.5 Å². The maximum Gasteiger partial charge on any atom is 0.267 e. The number of nitrogens with one attached hydrogen (secondary N) is 1. The van der Waals surface area contributed by atoms with E-state index in [1.54, 1.807) is 6.07 Å². The van der Waals surface area contributed by atoms with Gasteiger partial charge >= 0.3 is 0 Å². The van der Waals surface area contributed by atoms with Crippen LogP contribution >= 0.6 is 0 Å². The fraction of sp³-hybridized carbons (Fsp3) is 0.333. The maximum atomic E-state index is 15.2. The number of rotatable bonds is 5. The quantitative estimate of drug-likeness (QED) is 0.595. The number of fused-ring (bicyclic) bond motifs is 1. The van der Waals surface area contributed by atoms with Crippen LogP contribution in [0.4, 0.5) is 10.3 Å². The monoisotopic (exact) mass is 468 g/mol. The Kier molecular flexibility index (Phi) is 5.99. The van der Waals surface area contributed by atoms with E-state index in [0.29, 0.717) is 17.9 Å². The van der Waals surface area contributed by atoms with Gasteiger partial charge in [-0.25, -0.2) is 27.5 Å². The van der Waals surface area contributed by atoms with Gasteiger partial charge in [0.2, 0.25) is 5.95 Å². The lowest BCUT2D eigenvalue weighted by atomic mass is 9.89. The largest absolute Gasteiger partial charge is 0.493 e. The van der Waals surface area contributed by atoms with Gasteiger partial charge in [-0.1, -0.05) is 36.8 Å². The summed E-state index contributed by atoms with van der Waals surface area (Å²) < 4.78 is 48.9. The van der Waals surface area contributed by atoms with Crippen LogP contribution in [-0.4, -0.2) is 36.4 Å². The molecule has 2 aliphatic rings. The fourth-order valence-electron chi connectivity index (χ4n) is 4.81. The molecule has 0 spiro atoms. The second kappa shape index (κ2) is 9.07. The molecule has 0 saturated carbocycles. The van der Waals surface area contributed by atoms with Gasteiger partial charge in [0.25, 0.3) is 10.0 Å². The Hall–Kier alpha value is -3.04. The van der Waals surface area contributed by atoms with Gasteiger partial charge in [-0.2, -0.15) is 0 Å². The van der Waals surface area contributed by atoms with Crippen molar-refractivity contribution in [3.8, 4) is 5.75 Å². The Morgan fingerprint density at radius 2 is 1.79 bits per heavy atom. The minimum absolute atomic E-state index is 0.0454. The predicted octanol–water partition coefficient (Wildman–Crippen LogP) is 4.47. The number of nitrogens with zero attached hydrogens (tertiary/aromatic N) is 3. The zero-order valence-corrected chi connectivity index (χ0v) is 18.8. The van der Waals surface area contributed by atoms with Crippen LogP contribution in [0.3, 0.4) is 0 Å². The molecule has 2 aliphatic heterocycles. The van der Waals surface area contributed by atoms with Crippen molar-refractivity contribution in [2.75, 3.05) is 17.9 Å². The molecule has 0 aliphatic carbocycles. The molecule has 33 heavy (non-hydrogen) atoms. The number of anilines is 1. The van der Waals surface area contributed by atoms with Crippen molar-refractivity contribution in [1.82, 2.24) is 14.9 Å². The van der Waals surface area contributed by atoms with E-state index in [1.165, 1.54) is 30.1 Å². The summed E-state index contributed by atoms with van der Waals surface area (Å²) in [4.78, 5) is 9.65. The standard InChI is InChI=1S/C24H25FN4O3S/c25-19-15-18-21(29-13-5-4-9-20(29)17-7-2-1-3-8-17)10-14-32-22(18)16-23(19)33(30,31)28-24-26-11-6-12-27-24/h1-3,6-8,11-12,15-16,20-21H,4-5,9-10,13-14H2,(H,26,27,28)/t20-,21-/m0/s1. The number of benzene rings is 2. The van der Waals surface area contributed by atoms with Crippen LogP contribution in [0.5, 0.6) is 5.75 Å². The third-order valence-corrected chi connectivity index (χ3v) is 7.63. The molecule has 9 heteroatoms. The molecule has 0 amide bonds. The molecule has 0 bridgehead atoms. The minimum atomic E-state index is -4.22. The molecule has 1 N–H and O–H groups in total. The first kappa shape index (κ1) is 21.8. The van der Waals surface area contributed by atoms with E-state index in [-0.39, 0.29) is 18.0 Å². The number of sulfonamides is 1. The van der Waals surface area contributed by atoms with Crippen molar-refractivity contribution in [3.63, 3.8) is 0 Å². The second-order valence-electron chi connectivity index (χ2n) is 8.31. The molecule has 172 valence electrons. The predicted molar refractivity (Wildman–Crippen MR) is 122 cm³/mol. The molecule has 3 aromatic rings. The number of hydrogen-bond donors (Lipinski definition) is 1. The minimum Gasteiger partial charge on any atom is -0.493 e. The highest BCUT2D eigenvalue weighted by molar-refractivity contribution is 7.92. The van der Waals surface area contributed by atoms with Crippen LogP contribution in [0.2, 0.25) is 0 Å². The topological polar surface area (TPSA) is 84.4 Å². The summed E-state index contributed by atoms with van der Waals surface area (Å²) in [6.07, 6.45) is 6.79. The second-order valence-corrected chi connectivity index (χ2v) is 9.96. The van der Waals surface area contributed by atoms with Crippen LogP contribution in [0.15, 0.2) is 65.8 Å². The summed E-state index contributed by atoms with van der Waals surface area (Å²) >= 11 is 0. The van der Waals surface area contributed by atoms with E-state index in [2.05, 4.69) is 31.7 Å². The van der Waals surface area contributed by atoms with E-state index < -0.39 is 20.7 Å². The van der Waals surface area contributed by atoms with Gasteiger partial charge in [-0.15, -0.1) is 0 Å². The Morgan fingerprint density at radius 3 is 2.58 bits per heavy atom.